The van der Waals surface area contributed by atoms with Gasteiger partial charge in [-0.15, -0.1) is 0 Å². The fourth-order valence-corrected chi connectivity index (χ4v) is 2.38. The zero-order chi connectivity index (χ0) is 17.3. The van der Waals surface area contributed by atoms with Crippen molar-refractivity contribution in [3.8, 4) is 0 Å². The van der Waals surface area contributed by atoms with Gasteiger partial charge in [0.2, 0.25) is 0 Å². The van der Waals surface area contributed by atoms with Crippen LogP contribution >= 0.6 is 0 Å². The van der Waals surface area contributed by atoms with Crippen LogP contribution in [0.1, 0.15) is 22.8 Å². The molecule has 3 rings (SSSR count). The lowest BCUT2D eigenvalue weighted by Crippen LogP contribution is -2.05. The Bertz CT molecular complexity index is 902. The van der Waals surface area contributed by atoms with Crippen molar-refractivity contribution in [1.29, 1.82) is 0 Å². The molecule has 2 aromatic carbocycles. The number of rotatable bonds is 3. The molecule has 0 amide bonds. The number of Topliss-reactive ketones (excluding diaryl/α,β-unsaturated/α-hetero) is 1. The lowest BCUT2D eigenvalue weighted by atomic mass is 10.1. The second-order valence-corrected chi connectivity index (χ2v) is 5.35. The van der Waals surface area contributed by atoms with Gasteiger partial charge in [-0.05, 0) is 55.5 Å². The lowest BCUT2D eigenvalue weighted by Gasteiger charge is -2.12. The molecule has 3 nitrogen and oxygen atoms in total. The Balaban J connectivity index is 2.00. The number of halogens is 3. The van der Waals surface area contributed by atoms with Gasteiger partial charge in [0, 0.05) is 28.5 Å². The average molecular weight is 330 g/mol. The lowest BCUT2D eigenvalue weighted by molar-refractivity contribution is -0.137. The van der Waals surface area contributed by atoms with E-state index < -0.39 is 11.7 Å². The Labute approximate surface area is 136 Å². The quantitative estimate of drug-likeness (QED) is 0.671. The zero-order valence-electron chi connectivity index (χ0n) is 12.7. The summed E-state index contributed by atoms with van der Waals surface area (Å²) in [6, 6.07) is 11.8. The third-order valence-corrected chi connectivity index (χ3v) is 3.64. The number of fused-ring (bicyclic) bond motifs is 1. The van der Waals surface area contributed by atoms with Crippen molar-refractivity contribution in [1.82, 2.24) is 4.98 Å². The van der Waals surface area contributed by atoms with E-state index in [1.165, 1.54) is 19.2 Å². The van der Waals surface area contributed by atoms with Crippen molar-refractivity contribution >= 4 is 28.1 Å². The van der Waals surface area contributed by atoms with Gasteiger partial charge in [-0.2, -0.15) is 13.2 Å². The zero-order valence-corrected chi connectivity index (χ0v) is 12.7. The summed E-state index contributed by atoms with van der Waals surface area (Å²) in [6.45, 7) is 1.47. The first-order chi connectivity index (χ1) is 11.3. The van der Waals surface area contributed by atoms with Crippen LogP contribution in [0.25, 0.3) is 10.9 Å². The Morgan fingerprint density at radius 3 is 2.38 bits per heavy atom. The molecule has 0 spiro atoms. The van der Waals surface area contributed by atoms with Gasteiger partial charge in [-0.1, -0.05) is 0 Å². The molecule has 0 atom stereocenters. The topological polar surface area (TPSA) is 42.0 Å². The van der Waals surface area contributed by atoms with Crippen LogP contribution in [-0.2, 0) is 6.18 Å². The molecule has 24 heavy (non-hydrogen) atoms. The van der Waals surface area contributed by atoms with Crippen LogP contribution in [0.2, 0.25) is 0 Å². The maximum Gasteiger partial charge on any atom is 0.416 e. The maximum absolute atomic E-state index is 12.9. The number of anilines is 2. The van der Waals surface area contributed by atoms with E-state index in [4.69, 9.17) is 0 Å². The summed E-state index contributed by atoms with van der Waals surface area (Å²) in [6.07, 6.45) is -2.88. The van der Waals surface area contributed by atoms with Gasteiger partial charge < -0.3 is 5.32 Å². The molecular weight excluding hydrogens is 317 g/mol. The first-order valence-electron chi connectivity index (χ1n) is 7.18. The Hall–Kier alpha value is -2.89. The molecule has 3 aromatic rings. The fraction of sp³-hybridized carbons (Fsp3) is 0.111. The van der Waals surface area contributed by atoms with Crippen molar-refractivity contribution < 1.29 is 18.0 Å². The first-order valence-corrected chi connectivity index (χ1v) is 7.18. The summed E-state index contributed by atoms with van der Waals surface area (Å²) < 4.78 is 38.8. The van der Waals surface area contributed by atoms with E-state index in [9.17, 15) is 18.0 Å². The van der Waals surface area contributed by atoms with Gasteiger partial charge in [0.05, 0.1) is 11.1 Å². The number of nitrogens with one attached hydrogen (secondary N) is 1. The Kier molecular flexibility index (Phi) is 3.97. The van der Waals surface area contributed by atoms with Crippen LogP contribution in [0.15, 0.2) is 54.7 Å². The van der Waals surface area contributed by atoms with Crippen LogP contribution < -0.4 is 5.32 Å². The summed E-state index contributed by atoms with van der Waals surface area (Å²) >= 11 is 0. The van der Waals surface area contributed by atoms with Crippen molar-refractivity contribution in [2.24, 2.45) is 0 Å². The predicted molar refractivity (Wildman–Crippen MR) is 86.5 cm³/mol. The summed E-state index contributed by atoms with van der Waals surface area (Å²) in [5.41, 5.74) is 1.50. The highest BCUT2D eigenvalue weighted by molar-refractivity contribution is 5.95. The summed E-state index contributed by atoms with van der Waals surface area (Å²) in [5, 5.41) is 3.45. The van der Waals surface area contributed by atoms with Gasteiger partial charge in [0.15, 0.2) is 5.78 Å². The van der Waals surface area contributed by atoms with E-state index in [0.29, 0.717) is 27.8 Å². The molecule has 1 heterocycles. The number of aromatic nitrogens is 1. The monoisotopic (exact) mass is 330 g/mol. The van der Waals surface area contributed by atoms with E-state index in [0.717, 1.165) is 12.1 Å². The van der Waals surface area contributed by atoms with Gasteiger partial charge in [0.1, 0.15) is 0 Å². The molecule has 0 aliphatic heterocycles. The second-order valence-electron chi connectivity index (χ2n) is 5.35. The van der Waals surface area contributed by atoms with Gasteiger partial charge >= 0.3 is 6.18 Å². The summed E-state index contributed by atoms with van der Waals surface area (Å²) in [4.78, 5) is 15.4. The first kappa shape index (κ1) is 16.0. The van der Waals surface area contributed by atoms with Crippen LogP contribution in [0, 0.1) is 0 Å². The Morgan fingerprint density at radius 1 is 1.04 bits per heavy atom. The molecule has 0 aliphatic rings. The van der Waals surface area contributed by atoms with Crippen LogP contribution in [-0.4, -0.2) is 10.8 Å². The largest absolute Gasteiger partial charge is 0.416 e. The van der Waals surface area contributed by atoms with E-state index in [1.54, 1.807) is 30.3 Å². The molecule has 0 radical (unpaired) electrons. The number of hydrogen-bond acceptors (Lipinski definition) is 3. The standard InChI is InChI=1S/C18H13F3N2O/c1-11(24)12-2-5-14(6-3-12)23-17-8-9-22-16-7-4-13(10-15(16)17)18(19,20)21/h2-10H,1H3,(H,22,23). The van der Waals surface area contributed by atoms with E-state index >= 15 is 0 Å². The number of benzene rings is 2. The minimum absolute atomic E-state index is 0.0503. The predicted octanol–water partition coefficient (Wildman–Crippen LogP) is 5.20. The molecule has 6 heteroatoms. The highest BCUT2D eigenvalue weighted by Gasteiger charge is 2.30. The molecular formula is C18H13F3N2O. The fourth-order valence-electron chi connectivity index (χ4n) is 2.38. The van der Waals surface area contributed by atoms with Crippen molar-refractivity contribution in [3.63, 3.8) is 0 Å². The smallest absolute Gasteiger partial charge is 0.355 e. The minimum Gasteiger partial charge on any atom is -0.355 e. The molecule has 0 saturated carbocycles. The molecule has 0 saturated heterocycles. The van der Waals surface area contributed by atoms with Gasteiger partial charge in [0.25, 0.3) is 0 Å². The number of carbonyl (C=O) groups excluding carboxylic acids is 1. The molecule has 122 valence electrons. The number of carbonyl (C=O) groups is 1. The maximum atomic E-state index is 12.9. The SMILES string of the molecule is CC(=O)c1ccc(Nc2ccnc3ccc(C(F)(F)F)cc23)cc1. The van der Waals surface area contributed by atoms with Crippen molar-refractivity contribution in [3.05, 3.63) is 65.9 Å². The highest BCUT2D eigenvalue weighted by Crippen LogP contribution is 2.33. The number of pyridine rings is 1. The van der Waals surface area contributed by atoms with Crippen LogP contribution in [0.3, 0.4) is 0 Å². The summed E-state index contributed by atoms with van der Waals surface area (Å²) in [5.74, 6) is -0.0503. The number of alkyl halides is 3. The third kappa shape index (κ3) is 3.22. The highest BCUT2D eigenvalue weighted by atomic mass is 19.4. The molecule has 1 N–H and O–H groups in total. The molecule has 0 unspecified atom stereocenters. The molecule has 0 fully saturated rings. The van der Waals surface area contributed by atoms with Gasteiger partial charge in [-0.25, -0.2) is 0 Å². The van der Waals surface area contributed by atoms with E-state index in [2.05, 4.69) is 10.3 Å². The number of nitrogens with zero attached hydrogens (tertiary/aromatic N) is 1. The summed E-state index contributed by atoms with van der Waals surface area (Å²) in [7, 11) is 0. The third-order valence-electron chi connectivity index (χ3n) is 3.64. The number of hydrogen-bond donors (Lipinski definition) is 1. The van der Waals surface area contributed by atoms with Crippen molar-refractivity contribution in [2.45, 2.75) is 13.1 Å². The van der Waals surface area contributed by atoms with Crippen molar-refractivity contribution in [2.75, 3.05) is 5.32 Å². The molecule has 0 aliphatic carbocycles. The van der Waals surface area contributed by atoms with E-state index in [1.807, 2.05) is 0 Å². The molecule has 1 aromatic heterocycles. The normalized spacial score (nSPS) is 11.5. The van der Waals surface area contributed by atoms with Crippen LogP contribution in [0.5, 0.6) is 0 Å². The Morgan fingerprint density at radius 2 is 1.75 bits per heavy atom. The molecule has 0 bridgehead atoms. The van der Waals surface area contributed by atoms with Crippen LogP contribution in [0.4, 0.5) is 24.5 Å². The average Bonchev–Trinajstić information content (AvgIpc) is 2.54. The second kappa shape index (κ2) is 5.96. The van der Waals surface area contributed by atoms with Gasteiger partial charge in [-0.3, -0.25) is 9.78 Å². The minimum atomic E-state index is -4.41. The number of ketones is 1. The van der Waals surface area contributed by atoms with E-state index in [-0.39, 0.29) is 5.78 Å².